The van der Waals surface area contributed by atoms with Crippen molar-refractivity contribution in [2.75, 3.05) is 5.32 Å². The first-order chi connectivity index (χ1) is 7.81. The monoisotopic (exact) mass is 234 g/mol. The predicted molar refractivity (Wildman–Crippen MR) is 62.6 cm³/mol. The van der Waals surface area contributed by atoms with Crippen LogP contribution in [0.15, 0.2) is 18.2 Å². The van der Waals surface area contributed by atoms with E-state index in [1.165, 1.54) is 11.7 Å². The van der Waals surface area contributed by atoms with Gasteiger partial charge in [0.15, 0.2) is 0 Å². The lowest BCUT2D eigenvalue weighted by Crippen LogP contribution is -2.30. The lowest BCUT2D eigenvalue weighted by Gasteiger charge is -2.05. The Kier molecular flexibility index (Phi) is 2.21. The Labute approximate surface area is 96.2 Å². The highest BCUT2D eigenvalue weighted by Crippen LogP contribution is 2.20. The summed E-state index contributed by atoms with van der Waals surface area (Å²) in [6, 6.07) is 5.72. The Bertz CT molecular complexity index is 534. The van der Waals surface area contributed by atoms with Crippen LogP contribution in [-0.4, -0.2) is 20.8 Å². The minimum atomic E-state index is -0.148. The summed E-state index contributed by atoms with van der Waals surface area (Å²) in [6.45, 7) is 0. The molecule has 2 amide bonds. The SMILES string of the molecule is O=C(Nc1ccc2nsnc2c1)NC1CC1. The second kappa shape index (κ2) is 3.71. The third kappa shape index (κ3) is 1.96. The second-order valence-electron chi connectivity index (χ2n) is 3.84. The molecule has 1 fully saturated rings. The molecular formula is C10H10N4OS. The maximum Gasteiger partial charge on any atom is 0.319 e. The van der Waals surface area contributed by atoms with Crippen molar-refractivity contribution in [3.05, 3.63) is 18.2 Å². The molecule has 0 bridgehead atoms. The first-order valence-corrected chi connectivity index (χ1v) is 5.84. The maximum absolute atomic E-state index is 11.5. The zero-order valence-corrected chi connectivity index (χ0v) is 9.25. The van der Waals surface area contributed by atoms with E-state index >= 15 is 0 Å². The van der Waals surface area contributed by atoms with Crippen molar-refractivity contribution < 1.29 is 4.79 Å². The Morgan fingerprint density at radius 2 is 2.12 bits per heavy atom. The molecule has 82 valence electrons. The van der Waals surface area contributed by atoms with Gasteiger partial charge in [0.05, 0.1) is 11.7 Å². The van der Waals surface area contributed by atoms with Gasteiger partial charge in [-0.05, 0) is 31.0 Å². The van der Waals surface area contributed by atoms with Crippen LogP contribution in [0.1, 0.15) is 12.8 Å². The number of carbonyl (C=O) groups is 1. The van der Waals surface area contributed by atoms with Crippen LogP contribution in [0, 0.1) is 0 Å². The van der Waals surface area contributed by atoms with Gasteiger partial charge in [-0.3, -0.25) is 0 Å². The molecule has 1 saturated carbocycles. The van der Waals surface area contributed by atoms with Gasteiger partial charge in [-0.2, -0.15) is 8.75 Å². The molecule has 0 aliphatic heterocycles. The van der Waals surface area contributed by atoms with Crippen molar-refractivity contribution in [1.82, 2.24) is 14.1 Å². The number of benzene rings is 1. The average molecular weight is 234 g/mol. The van der Waals surface area contributed by atoms with E-state index in [0.717, 1.165) is 29.6 Å². The normalized spacial score (nSPS) is 15.0. The van der Waals surface area contributed by atoms with Gasteiger partial charge in [0.25, 0.3) is 0 Å². The summed E-state index contributed by atoms with van der Waals surface area (Å²) in [5.41, 5.74) is 2.42. The summed E-state index contributed by atoms with van der Waals surface area (Å²) in [5.74, 6) is 0. The molecule has 1 aromatic heterocycles. The molecule has 0 saturated heterocycles. The van der Waals surface area contributed by atoms with Crippen LogP contribution < -0.4 is 10.6 Å². The van der Waals surface area contributed by atoms with E-state index in [1.54, 1.807) is 0 Å². The average Bonchev–Trinajstić information content (AvgIpc) is 2.95. The van der Waals surface area contributed by atoms with Gasteiger partial charge in [0.2, 0.25) is 0 Å². The highest BCUT2D eigenvalue weighted by molar-refractivity contribution is 7.00. The first kappa shape index (κ1) is 9.53. The number of rotatable bonds is 2. The number of nitrogens with one attached hydrogen (secondary N) is 2. The molecule has 5 nitrogen and oxygen atoms in total. The van der Waals surface area contributed by atoms with E-state index in [4.69, 9.17) is 0 Å². The van der Waals surface area contributed by atoms with Gasteiger partial charge < -0.3 is 10.6 Å². The summed E-state index contributed by atoms with van der Waals surface area (Å²) >= 11 is 1.17. The van der Waals surface area contributed by atoms with Crippen LogP contribution in [-0.2, 0) is 0 Å². The fraction of sp³-hybridized carbons (Fsp3) is 0.300. The summed E-state index contributed by atoms with van der Waals surface area (Å²) in [7, 11) is 0. The lowest BCUT2D eigenvalue weighted by molar-refractivity contribution is 0.251. The van der Waals surface area contributed by atoms with Crippen LogP contribution >= 0.6 is 11.7 Å². The Hall–Kier alpha value is -1.69. The van der Waals surface area contributed by atoms with Gasteiger partial charge in [0.1, 0.15) is 11.0 Å². The molecule has 0 radical (unpaired) electrons. The minimum absolute atomic E-state index is 0.148. The topological polar surface area (TPSA) is 66.9 Å². The zero-order chi connectivity index (χ0) is 11.0. The van der Waals surface area contributed by atoms with E-state index in [-0.39, 0.29) is 6.03 Å². The summed E-state index contributed by atoms with van der Waals surface area (Å²) in [6.07, 6.45) is 2.17. The predicted octanol–water partition coefficient (Wildman–Crippen LogP) is 1.98. The molecule has 0 atom stereocenters. The smallest absolute Gasteiger partial charge is 0.319 e. The Morgan fingerprint density at radius 3 is 2.94 bits per heavy atom. The Balaban J connectivity index is 1.74. The van der Waals surface area contributed by atoms with E-state index in [2.05, 4.69) is 19.4 Å². The molecule has 1 aliphatic carbocycles. The van der Waals surface area contributed by atoms with Crippen molar-refractivity contribution in [3.8, 4) is 0 Å². The molecule has 0 spiro atoms. The Morgan fingerprint density at radius 1 is 1.31 bits per heavy atom. The minimum Gasteiger partial charge on any atom is -0.335 e. The van der Waals surface area contributed by atoms with Gasteiger partial charge in [0, 0.05) is 11.7 Å². The van der Waals surface area contributed by atoms with Crippen LogP contribution in [0.5, 0.6) is 0 Å². The number of nitrogens with zero attached hydrogens (tertiary/aromatic N) is 2. The quantitative estimate of drug-likeness (QED) is 0.834. The number of hydrogen-bond donors (Lipinski definition) is 2. The molecule has 1 aromatic carbocycles. The summed E-state index contributed by atoms with van der Waals surface area (Å²) in [4.78, 5) is 11.5. The third-order valence-electron chi connectivity index (χ3n) is 2.42. The highest BCUT2D eigenvalue weighted by atomic mass is 32.1. The van der Waals surface area contributed by atoms with Gasteiger partial charge in [-0.25, -0.2) is 4.79 Å². The molecule has 0 unspecified atom stereocenters. The van der Waals surface area contributed by atoms with Crippen molar-refractivity contribution in [2.24, 2.45) is 0 Å². The number of hydrogen-bond acceptors (Lipinski definition) is 4. The van der Waals surface area contributed by atoms with Crippen molar-refractivity contribution in [2.45, 2.75) is 18.9 Å². The van der Waals surface area contributed by atoms with E-state index < -0.39 is 0 Å². The van der Waals surface area contributed by atoms with Crippen molar-refractivity contribution in [1.29, 1.82) is 0 Å². The third-order valence-corrected chi connectivity index (χ3v) is 2.98. The van der Waals surface area contributed by atoms with Gasteiger partial charge in [-0.15, -0.1) is 0 Å². The number of carbonyl (C=O) groups excluding carboxylic acids is 1. The van der Waals surface area contributed by atoms with E-state index in [1.807, 2.05) is 18.2 Å². The molecule has 3 rings (SSSR count). The number of amides is 2. The number of anilines is 1. The van der Waals surface area contributed by atoms with E-state index in [0.29, 0.717) is 6.04 Å². The number of fused-ring (bicyclic) bond motifs is 1. The van der Waals surface area contributed by atoms with Crippen LogP contribution in [0.4, 0.5) is 10.5 Å². The lowest BCUT2D eigenvalue weighted by atomic mass is 10.3. The van der Waals surface area contributed by atoms with Crippen LogP contribution in [0.2, 0.25) is 0 Å². The number of aromatic nitrogens is 2. The molecule has 16 heavy (non-hydrogen) atoms. The standard InChI is InChI=1S/C10H10N4OS/c15-10(11-6-1-2-6)12-7-3-4-8-9(5-7)14-16-13-8/h3-6H,1-2H2,(H2,11,12,15). The zero-order valence-electron chi connectivity index (χ0n) is 8.43. The first-order valence-electron chi connectivity index (χ1n) is 5.11. The fourth-order valence-electron chi connectivity index (χ4n) is 1.44. The fourth-order valence-corrected chi connectivity index (χ4v) is 1.96. The van der Waals surface area contributed by atoms with Crippen LogP contribution in [0.3, 0.4) is 0 Å². The molecule has 2 aromatic rings. The highest BCUT2D eigenvalue weighted by Gasteiger charge is 2.23. The van der Waals surface area contributed by atoms with Gasteiger partial charge >= 0.3 is 6.03 Å². The maximum atomic E-state index is 11.5. The van der Waals surface area contributed by atoms with E-state index in [9.17, 15) is 4.79 Å². The summed E-state index contributed by atoms with van der Waals surface area (Å²) < 4.78 is 8.22. The molecular weight excluding hydrogens is 224 g/mol. The number of urea groups is 1. The van der Waals surface area contributed by atoms with Crippen LogP contribution in [0.25, 0.3) is 11.0 Å². The van der Waals surface area contributed by atoms with Gasteiger partial charge in [-0.1, -0.05) is 0 Å². The molecule has 6 heteroatoms. The summed E-state index contributed by atoms with van der Waals surface area (Å²) in [5, 5.41) is 5.64. The molecule has 1 aliphatic rings. The van der Waals surface area contributed by atoms with Crippen molar-refractivity contribution >= 4 is 34.5 Å². The largest absolute Gasteiger partial charge is 0.335 e. The van der Waals surface area contributed by atoms with Crippen molar-refractivity contribution in [3.63, 3.8) is 0 Å². The molecule has 1 heterocycles. The molecule has 2 N–H and O–H groups in total. The second-order valence-corrected chi connectivity index (χ2v) is 4.37.